The van der Waals surface area contributed by atoms with Crippen LogP contribution >= 0.6 is 0 Å². The molecule has 0 saturated carbocycles. The van der Waals surface area contributed by atoms with Gasteiger partial charge in [0, 0.05) is 19.6 Å². The highest BCUT2D eigenvalue weighted by atomic mass is 19.1. The van der Waals surface area contributed by atoms with E-state index in [0.717, 1.165) is 44.8 Å². The Kier molecular flexibility index (Phi) is 4.12. The fourth-order valence-corrected chi connectivity index (χ4v) is 3.67. The molecule has 4 rings (SSSR count). The summed E-state index contributed by atoms with van der Waals surface area (Å²) in [5.74, 6) is -0.184. The van der Waals surface area contributed by atoms with Gasteiger partial charge in [-0.25, -0.2) is 14.4 Å². The number of ether oxygens (including phenoxy) is 1. The maximum Gasteiger partial charge on any atom is 0.123 e. The van der Waals surface area contributed by atoms with E-state index in [2.05, 4.69) is 34.3 Å². The lowest BCUT2D eigenvalue weighted by molar-refractivity contribution is -0.109. The van der Waals surface area contributed by atoms with Crippen LogP contribution in [0.25, 0.3) is 0 Å². The quantitative estimate of drug-likeness (QED) is 0.848. The van der Waals surface area contributed by atoms with E-state index in [1.54, 1.807) is 12.1 Å². The van der Waals surface area contributed by atoms with Crippen LogP contribution in [0.2, 0.25) is 0 Å². The minimum atomic E-state index is -0.184. The van der Waals surface area contributed by atoms with Crippen LogP contribution in [0, 0.1) is 5.82 Å². The number of benzene rings is 2. The normalized spacial score (nSPS) is 22.7. The van der Waals surface area contributed by atoms with Crippen molar-refractivity contribution in [3.63, 3.8) is 0 Å². The minimum absolute atomic E-state index is 0.152. The molecule has 2 aliphatic rings. The van der Waals surface area contributed by atoms with E-state index in [1.165, 1.54) is 11.1 Å². The third kappa shape index (κ3) is 2.90. The van der Waals surface area contributed by atoms with Gasteiger partial charge in [0.25, 0.3) is 0 Å². The highest BCUT2D eigenvalue weighted by molar-refractivity contribution is 5.39. The van der Waals surface area contributed by atoms with Crippen molar-refractivity contribution < 1.29 is 9.13 Å². The van der Waals surface area contributed by atoms with Crippen molar-refractivity contribution in [1.29, 1.82) is 0 Å². The number of rotatable bonds is 2. The van der Waals surface area contributed by atoms with E-state index in [4.69, 9.17) is 4.74 Å². The molecule has 2 heterocycles. The zero-order valence-electron chi connectivity index (χ0n) is 13.1. The molecule has 0 amide bonds. The second-order valence-electron chi connectivity index (χ2n) is 6.13. The molecule has 4 heteroatoms. The van der Waals surface area contributed by atoms with Crippen molar-refractivity contribution in [2.45, 2.75) is 12.5 Å². The summed E-state index contributed by atoms with van der Waals surface area (Å²) in [7, 11) is 0. The predicted octanol–water partition coefficient (Wildman–Crippen LogP) is 3.02. The number of hydrazine groups is 1. The van der Waals surface area contributed by atoms with Crippen LogP contribution in [0.15, 0.2) is 48.5 Å². The third-order valence-corrected chi connectivity index (χ3v) is 4.79. The smallest absolute Gasteiger partial charge is 0.123 e. The summed E-state index contributed by atoms with van der Waals surface area (Å²) in [4.78, 5) is 0. The summed E-state index contributed by atoms with van der Waals surface area (Å²) in [5.41, 5.74) is 3.87. The van der Waals surface area contributed by atoms with Crippen LogP contribution in [0.3, 0.4) is 0 Å². The number of hydrogen-bond donors (Lipinski definition) is 0. The Labute approximate surface area is 136 Å². The van der Waals surface area contributed by atoms with Crippen LogP contribution in [0.4, 0.5) is 4.39 Å². The Hall–Kier alpha value is -1.75. The maximum atomic E-state index is 13.4. The summed E-state index contributed by atoms with van der Waals surface area (Å²) >= 11 is 0. The van der Waals surface area contributed by atoms with E-state index < -0.39 is 0 Å². The van der Waals surface area contributed by atoms with Gasteiger partial charge in [0.2, 0.25) is 0 Å². The fraction of sp³-hybridized carbons (Fsp3) is 0.368. The molecule has 2 aromatic carbocycles. The van der Waals surface area contributed by atoms with Gasteiger partial charge in [-0.2, -0.15) is 0 Å². The van der Waals surface area contributed by atoms with Crippen molar-refractivity contribution in [3.8, 4) is 0 Å². The van der Waals surface area contributed by atoms with E-state index in [9.17, 15) is 4.39 Å². The lowest BCUT2D eigenvalue weighted by Gasteiger charge is -2.45. The highest BCUT2D eigenvalue weighted by Crippen LogP contribution is 2.36. The molecule has 1 saturated heterocycles. The van der Waals surface area contributed by atoms with Gasteiger partial charge in [-0.1, -0.05) is 36.4 Å². The maximum absolute atomic E-state index is 13.4. The van der Waals surface area contributed by atoms with Crippen molar-refractivity contribution in [1.82, 2.24) is 10.0 Å². The number of nitrogens with zero attached hydrogens (tertiary/aromatic N) is 2. The summed E-state index contributed by atoms with van der Waals surface area (Å²) in [6.45, 7) is 4.36. The van der Waals surface area contributed by atoms with E-state index in [0.29, 0.717) is 0 Å². The number of fused-ring (bicyclic) bond motifs is 1. The van der Waals surface area contributed by atoms with Gasteiger partial charge in [-0.15, -0.1) is 0 Å². The molecule has 120 valence electrons. The van der Waals surface area contributed by atoms with Crippen molar-refractivity contribution in [3.05, 3.63) is 71.0 Å². The molecule has 3 nitrogen and oxygen atoms in total. The molecule has 1 atom stereocenters. The topological polar surface area (TPSA) is 15.7 Å². The first-order valence-corrected chi connectivity index (χ1v) is 8.25. The third-order valence-electron chi connectivity index (χ3n) is 4.79. The Morgan fingerprint density at radius 2 is 1.65 bits per heavy atom. The van der Waals surface area contributed by atoms with Crippen LogP contribution < -0.4 is 0 Å². The van der Waals surface area contributed by atoms with E-state index >= 15 is 0 Å². The first-order valence-electron chi connectivity index (χ1n) is 8.25. The molecular weight excluding hydrogens is 291 g/mol. The zero-order chi connectivity index (χ0) is 15.6. The first kappa shape index (κ1) is 14.8. The SMILES string of the molecule is Fc1ccc([C@H]2c3ccccc3CCN2N2CCOCC2)cc1. The van der Waals surface area contributed by atoms with Gasteiger partial charge in [-0.3, -0.25) is 0 Å². The first-order chi connectivity index (χ1) is 11.3. The van der Waals surface area contributed by atoms with Gasteiger partial charge < -0.3 is 4.74 Å². The Bertz CT molecular complexity index is 667. The molecular formula is C19H21FN2O. The predicted molar refractivity (Wildman–Crippen MR) is 87.5 cm³/mol. The van der Waals surface area contributed by atoms with Crippen molar-refractivity contribution in [2.24, 2.45) is 0 Å². The Morgan fingerprint density at radius 3 is 2.43 bits per heavy atom. The molecule has 0 spiro atoms. The van der Waals surface area contributed by atoms with Crippen molar-refractivity contribution in [2.75, 3.05) is 32.8 Å². The molecule has 0 aromatic heterocycles. The second kappa shape index (κ2) is 6.40. The molecule has 0 radical (unpaired) electrons. The fourth-order valence-electron chi connectivity index (χ4n) is 3.67. The average Bonchev–Trinajstić information content (AvgIpc) is 2.62. The molecule has 0 aliphatic carbocycles. The van der Waals surface area contributed by atoms with E-state index in [-0.39, 0.29) is 11.9 Å². The van der Waals surface area contributed by atoms with E-state index in [1.807, 2.05) is 12.1 Å². The van der Waals surface area contributed by atoms with Crippen LogP contribution in [0.1, 0.15) is 22.7 Å². The molecule has 0 N–H and O–H groups in total. The standard InChI is InChI=1S/C19H21FN2O/c20-17-7-5-16(6-8-17)19-18-4-2-1-3-15(18)9-10-22(19)21-11-13-23-14-12-21/h1-8,19H,9-14H2/t19-/m0/s1. The summed E-state index contributed by atoms with van der Waals surface area (Å²) < 4.78 is 18.9. The van der Waals surface area contributed by atoms with Gasteiger partial charge in [0.1, 0.15) is 5.82 Å². The Balaban J connectivity index is 1.75. The number of halogens is 1. The van der Waals surface area contributed by atoms with Crippen LogP contribution in [-0.4, -0.2) is 42.9 Å². The monoisotopic (exact) mass is 312 g/mol. The zero-order valence-corrected chi connectivity index (χ0v) is 13.1. The lowest BCUT2D eigenvalue weighted by atomic mass is 9.89. The largest absolute Gasteiger partial charge is 0.379 e. The number of morpholine rings is 1. The van der Waals surface area contributed by atoms with Crippen LogP contribution in [-0.2, 0) is 11.2 Å². The minimum Gasteiger partial charge on any atom is -0.379 e. The van der Waals surface area contributed by atoms with Gasteiger partial charge >= 0.3 is 0 Å². The second-order valence-corrected chi connectivity index (χ2v) is 6.13. The molecule has 2 aromatic rings. The molecule has 0 unspecified atom stereocenters. The Morgan fingerprint density at radius 1 is 0.913 bits per heavy atom. The van der Waals surface area contributed by atoms with Crippen molar-refractivity contribution >= 4 is 0 Å². The highest BCUT2D eigenvalue weighted by Gasteiger charge is 2.32. The summed E-state index contributed by atoms with van der Waals surface area (Å²) in [5, 5.41) is 4.84. The van der Waals surface area contributed by atoms with Gasteiger partial charge in [0.15, 0.2) is 0 Å². The molecule has 1 fully saturated rings. The van der Waals surface area contributed by atoms with Gasteiger partial charge in [0.05, 0.1) is 19.3 Å². The van der Waals surface area contributed by atoms with Gasteiger partial charge in [-0.05, 0) is 35.2 Å². The average molecular weight is 312 g/mol. The lowest BCUT2D eigenvalue weighted by Crippen LogP contribution is -2.52. The summed E-state index contributed by atoms with van der Waals surface area (Å²) in [6, 6.07) is 15.7. The van der Waals surface area contributed by atoms with Crippen LogP contribution in [0.5, 0.6) is 0 Å². The number of hydrogen-bond acceptors (Lipinski definition) is 3. The summed E-state index contributed by atoms with van der Waals surface area (Å²) in [6.07, 6.45) is 1.05. The molecule has 23 heavy (non-hydrogen) atoms. The molecule has 2 aliphatic heterocycles. The molecule has 0 bridgehead atoms.